The minimum atomic E-state index is -0.534. The van der Waals surface area contributed by atoms with Crippen LogP contribution >= 0.6 is 0 Å². The number of amides is 1. The molecule has 2 N–H and O–H groups in total. The number of rotatable bonds is 5. The molecule has 1 aromatic rings. The van der Waals surface area contributed by atoms with Gasteiger partial charge in [0.15, 0.2) is 0 Å². The maximum atomic E-state index is 13.3. The van der Waals surface area contributed by atoms with Crippen molar-refractivity contribution in [3.8, 4) is 0 Å². The van der Waals surface area contributed by atoms with E-state index in [-0.39, 0.29) is 23.7 Å². The zero-order valence-electron chi connectivity index (χ0n) is 10.8. The number of carbonyl (C=O) groups excluding carboxylic acids is 1. The van der Waals surface area contributed by atoms with Gasteiger partial charge in [-0.25, -0.2) is 4.39 Å². The third-order valence-corrected chi connectivity index (χ3v) is 4.48. The summed E-state index contributed by atoms with van der Waals surface area (Å²) in [4.78, 5) is 12.3. The minimum Gasteiger partial charge on any atom is -0.396 e. The fraction of sp³-hybridized carbons (Fsp3) is 0.533. The second-order valence-corrected chi connectivity index (χ2v) is 5.93. The van der Waals surface area contributed by atoms with Gasteiger partial charge >= 0.3 is 0 Å². The van der Waals surface area contributed by atoms with Crippen molar-refractivity contribution in [1.29, 1.82) is 0 Å². The average Bonchev–Trinajstić information content (AvgIpc) is 3.30. The molecule has 2 aliphatic rings. The summed E-state index contributed by atoms with van der Waals surface area (Å²) in [6.07, 6.45) is 3.48. The van der Waals surface area contributed by atoms with Crippen LogP contribution in [0, 0.1) is 11.2 Å². The number of aliphatic hydroxyl groups excluding tert-OH is 1. The average molecular weight is 263 g/mol. The van der Waals surface area contributed by atoms with E-state index < -0.39 is 5.41 Å². The monoisotopic (exact) mass is 263 g/mol. The van der Waals surface area contributed by atoms with Gasteiger partial charge in [-0.15, -0.1) is 0 Å². The molecule has 0 unspecified atom stereocenters. The molecular formula is C15H18FNO2. The predicted octanol–water partition coefficient (Wildman–Crippen LogP) is 1.75. The first kappa shape index (κ1) is 12.6. The highest BCUT2D eigenvalue weighted by molar-refractivity contribution is 5.91. The number of carbonyl (C=O) groups is 1. The lowest BCUT2D eigenvalue weighted by molar-refractivity contribution is -0.123. The summed E-state index contributed by atoms with van der Waals surface area (Å²) in [7, 11) is 0. The summed E-state index contributed by atoms with van der Waals surface area (Å²) in [5, 5.41) is 12.2. The highest BCUT2D eigenvalue weighted by atomic mass is 19.1. The molecule has 0 bridgehead atoms. The topological polar surface area (TPSA) is 49.3 Å². The molecule has 2 fully saturated rings. The van der Waals surface area contributed by atoms with Gasteiger partial charge in [-0.1, -0.05) is 12.1 Å². The fourth-order valence-corrected chi connectivity index (χ4v) is 2.56. The van der Waals surface area contributed by atoms with Gasteiger partial charge in [-0.05, 0) is 43.4 Å². The Labute approximate surface area is 111 Å². The summed E-state index contributed by atoms with van der Waals surface area (Å²) in [5.74, 6) is -0.330. The smallest absolute Gasteiger partial charge is 0.230 e. The van der Waals surface area contributed by atoms with Crippen LogP contribution in [-0.4, -0.2) is 24.2 Å². The van der Waals surface area contributed by atoms with Gasteiger partial charge in [0.2, 0.25) is 5.91 Å². The van der Waals surface area contributed by atoms with Gasteiger partial charge in [0, 0.05) is 12.0 Å². The molecule has 4 heteroatoms. The van der Waals surface area contributed by atoms with E-state index in [2.05, 4.69) is 5.32 Å². The van der Waals surface area contributed by atoms with Gasteiger partial charge in [0.05, 0.1) is 12.0 Å². The van der Waals surface area contributed by atoms with E-state index in [1.165, 1.54) is 12.1 Å². The van der Waals surface area contributed by atoms with Gasteiger partial charge in [-0.2, -0.15) is 0 Å². The molecule has 3 rings (SSSR count). The van der Waals surface area contributed by atoms with E-state index in [4.69, 9.17) is 0 Å². The van der Waals surface area contributed by atoms with E-state index in [0.717, 1.165) is 31.2 Å². The van der Waals surface area contributed by atoms with Crippen molar-refractivity contribution in [2.75, 3.05) is 13.2 Å². The summed E-state index contributed by atoms with van der Waals surface area (Å²) >= 11 is 0. The lowest BCUT2D eigenvalue weighted by Gasteiger charge is -2.18. The largest absolute Gasteiger partial charge is 0.396 e. The summed E-state index contributed by atoms with van der Waals surface area (Å²) in [6, 6.07) is 6.30. The van der Waals surface area contributed by atoms with Crippen molar-refractivity contribution in [3.63, 3.8) is 0 Å². The highest BCUT2D eigenvalue weighted by Crippen LogP contribution is 2.49. The maximum absolute atomic E-state index is 13.3. The predicted molar refractivity (Wildman–Crippen MR) is 69.1 cm³/mol. The number of hydrogen-bond donors (Lipinski definition) is 2. The lowest BCUT2D eigenvalue weighted by atomic mass is 9.94. The Bertz CT molecular complexity index is 507. The van der Waals surface area contributed by atoms with Crippen LogP contribution in [0.2, 0.25) is 0 Å². The van der Waals surface area contributed by atoms with Crippen molar-refractivity contribution in [1.82, 2.24) is 5.32 Å². The van der Waals surface area contributed by atoms with E-state index in [9.17, 15) is 14.3 Å². The molecule has 0 atom stereocenters. The van der Waals surface area contributed by atoms with Crippen LogP contribution < -0.4 is 5.32 Å². The Morgan fingerprint density at radius 3 is 2.58 bits per heavy atom. The van der Waals surface area contributed by atoms with Crippen LogP contribution in [0.3, 0.4) is 0 Å². The molecule has 0 heterocycles. The molecule has 0 aliphatic heterocycles. The van der Waals surface area contributed by atoms with Gasteiger partial charge in [0.25, 0.3) is 0 Å². The van der Waals surface area contributed by atoms with Crippen LogP contribution in [0.5, 0.6) is 0 Å². The highest BCUT2D eigenvalue weighted by Gasteiger charge is 2.52. The Kier molecular flexibility index (Phi) is 2.86. The van der Waals surface area contributed by atoms with Crippen molar-refractivity contribution < 1.29 is 14.3 Å². The first-order valence-electron chi connectivity index (χ1n) is 6.76. The quantitative estimate of drug-likeness (QED) is 0.850. The third-order valence-electron chi connectivity index (χ3n) is 4.48. The van der Waals surface area contributed by atoms with Crippen LogP contribution in [-0.2, 0) is 10.2 Å². The zero-order chi connectivity index (χ0) is 13.5. The van der Waals surface area contributed by atoms with Crippen LogP contribution in [0.1, 0.15) is 31.2 Å². The maximum Gasteiger partial charge on any atom is 0.230 e. The van der Waals surface area contributed by atoms with E-state index in [0.29, 0.717) is 6.54 Å². The molecule has 2 aliphatic carbocycles. The fourth-order valence-electron chi connectivity index (χ4n) is 2.56. The number of nitrogens with one attached hydrogen (secondary N) is 1. The molecule has 0 radical (unpaired) electrons. The second-order valence-electron chi connectivity index (χ2n) is 5.93. The van der Waals surface area contributed by atoms with Gasteiger partial charge in [-0.3, -0.25) is 4.79 Å². The number of benzene rings is 1. The lowest BCUT2D eigenvalue weighted by Crippen LogP contribution is -2.39. The van der Waals surface area contributed by atoms with Crippen LogP contribution in [0.25, 0.3) is 0 Å². The van der Waals surface area contributed by atoms with Crippen LogP contribution in [0.15, 0.2) is 24.3 Å². The summed E-state index contributed by atoms with van der Waals surface area (Å²) < 4.78 is 13.3. The summed E-state index contributed by atoms with van der Waals surface area (Å²) in [6.45, 7) is 0.652. The Morgan fingerprint density at radius 2 is 2.05 bits per heavy atom. The molecule has 2 saturated carbocycles. The molecule has 19 heavy (non-hydrogen) atoms. The number of hydrogen-bond acceptors (Lipinski definition) is 2. The van der Waals surface area contributed by atoms with Crippen LogP contribution in [0.4, 0.5) is 4.39 Å². The molecule has 1 aromatic carbocycles. The molecule has 102 valence electrons. The van der Waals surface area contributed by atoms with Crippen molar-refractivity contribution >= 4 is 5.91 Å². The van der Waals surface area contributed by atoms with E-state index in [1.807, 2.05) is 6.07 Å². The Morgan fingerprint density at radius 1 is 1.32 bits per heavy atom. The van der Waals surface area contributed by atoms with E-state index >= 15 is 0 Å². The normalized spacial score (nSPS) is 21.8. The van der Waals surface area contributed by atoms with Crippen molar-refractivity contribution in [2.24, 2.45) is 5.41 Å². The zero-order valence-corrected chi connectivity index (χ0v) is 10.8. The Balaban J connectivity index is 1.69. The number of aliphatic hydroxyl groups is 1. The van der Waals surface area contributed by atoms with Gasteiger partial charge < -0.3 is 10.4 Å². The standard InChI is InChI=1S/C15H18FNO2/c16-12-3-1-2-11(8-12)15(6-7-15)13(19)17-9-14(10-18)4-5-14/h1-3,8,18H,4-7,9-10H2,(H,17,19). The summed E-state index contributed by atoms with van der Waals surface area (Å²) in [5.41, 5.74) is 0.139. The number of halogens is 1. The first-order chi connectivity index (χ1) is 9.10. The van der Waals surface area contributed by atoms with E-state index in [1.54, 1.807) is 6.07 Å². The molecule has 1 amide bonds. The SMILES string of the molecule is O=C(NCC1(CO)CC1)C1(c2cccc(F)c2)CC1. The minimum absolute atomic E-state index is 0.0298. The molecular weight excluding hydrogens is 245 g/mol. The molecule has 3 nitrogen and oxygen atoms in total. The molecule has 0 spiro atoms. The van der Waals surface area contributed by atoms with Crippen molar-refractivity contribution in [3.05, 3.63) is 35.6 Å². The Hall–Kier alpha value is -1.42. The first-order valence-corrected chi connectivity index (χ1v) is 6.76. The molecule has 0 aromatic heterocycles. The van der Waals surface area contributed by atoms with Gasteiger partial charge in [0.1, 0.15) is 5.82 Å². The van der Waals surface area contributed by atoms with Crippen molar-refractivity contribution in [2.45, 2.75) is 31.1 Å². The molecule has 0 saturated heterocycles. The second kappa shape index (κ2) is 4.30. The third kappa shape index (κ3) is 2.25.